The highest BCUT2D eigenvalue weighted by Gasteiger charge is 2.27. The Labute approximate surface area is 181 Å². The van der Waals surface area contributed by atoms with Gasteiger partial charge in [-0.1, -0.05) is 11.6 Å². The van der Waals surface area contributed by atoms with E-state index in [9.17, 15) is 0 Å². The van der Waals surface area contributed by atoms with Crippen LogP contribution >= 0.6 is 27.5 Å². The maximum absolute atomic E-state index is 6.18. The van der Waals surface area contributed by atoms with Crippen molar-refractivity contribution >= 4 is 55.3 Å². The summed E-state index contributed by atoms with van der Waals surface area (Å²) in [5.74, 6) is 1.80. The van der Waals surface area contributed by atoms with Crippen molar-refractivity contribution in [3.8, 4) is 5.75 Å². The second-order valence-corrected chi connectivity index (χ2v) is 8.69. The second-order valence-electron chi connectivity index (χ2n) is 7.48. The molecule has 0 amide bonds. The summed E-state index contributed by atoms with van der Waals surface area (Å²) in [4.78, 5) is 12.9. The van der Waals surface area contributed by atoms with Crippen molar-refractivity contribution in [2.45, 2.75) is 25.3 Å². The van der Waals surface area contributed by atoms with Crippen LogP contribution in [0.1, 0.15) is 25.3 Å². The zero-order chi connectivity index (χ0) is 20.0. The first-order valence-electron chi connectivity index (χ1n) is 9.54. The molecule has 1 aliphatic rings. The van der Waals surface area contributed by atoms with Crippen molar-refractivity contribution in [2.24, 2.45) is 5.92 Å². The van der Waals surface area contributed by atoms with Gasteiger partial charge in [-0.05, 0) is 65.4 Å². The van der Waals surface area contributed by atoms with E-state index in [1.807, 2.05) is 30.3 Å². The molecule has 8 heteroatoms. The van der Waals surface area contributed by atoms with Gasteiger partial charge in [-0.25, -0.2) is 15.0 Å². The molecule has 0 bridgehead atoms. The van der Waals surface area contributed by atoms with Crippen LogP contribution in [0.25, 0.3) is 21.9 Å². The average molecular weight is 473 g/mol. The predicted octanol–water partition coefficient (Wildman–Crippen LogP) is 5.40. The molecule has 148 valence electrons. The highest BCUT2D eigenvalue weighted by molar-refractivity contribution is 9.10. The highest BCUT2D eigenvalue weighted by atomic mass is 79.9. The molecular weight excluding hydrogens is 454 g/mol. The van der Waals surface area contributed by atoms with Gasteiger partial charge in [0.05, 0.1) is 22.0 Å². The summed E-state index contributed by atoms with van der Waals surface area (Å²) in [6.07, 6.45) is 6.86. The van der Waals surface area contributed by atoms with Crippen molar-refractivity contribution < 1.29 is 4.74 Å². The standard InChI is InChI=1S/C21H19BrClN5O/c22-17-8-13-2-4-15(9-18(13)27-20(17)24)29-10-12-1-3-14(7-12)28-6-5-16-19(23)25-11-26-21(16)28/h2,4-6,8-9,11-12,14H,1,3,7,10H2,(H2,24,27). The number of ether oxygens (including phenoxy) is 1. The number of pyridine rings is 1. The number of hydrogen-bond acceptors (Lipinski definition) is 5. The normalized spacial score (nSPS) is 19.2. The number of benzene rings is 1. The van der Waals surface area contributed by atoms with E-state index < -0.39 is 0 Å². The van der Waals surface area contributed by atoms with Crippen LogP contribution in [0.2, 0.25) is 5.15 Å². The van der Waals surface area contributed by atoms with Crippen molar-refractivity contribution in [2.75, 3.05) is 12.3 Å². The van der Waals surface area contributed by atoms with E-state index in [0.29, 0.717) is 29.5 Å². The maximum Gasteiger partial charge on any atom is 0.145 e. The van der Waals surface area contributed by atoms with Crippen LogP contribution in [0.5, 0.6) is 5.75 Å². The zero-order valence-electron chi connectivity index (χ0n) is 15.6. The highest BCUT2D eigenvalue weighted by Crippen LogP contribution is 2.37. The number of rotatable bonds is 4. The van der Waals surface area contributed by atoms with Gasteiger partial charge in [-0.3, -0.25) is 0 Å². The SMILES string of the molecule is Nc1nc2cc(OCC3CCC(n4ccc5c(Cl)ncnc54)C3)ccc2cc1Br. The Bertz CT molecular complexity index is 1210. The summed E-state index contributed by atoms with van der Waals surface area (Å²) in [6, 6.07) is 10.3. The molecule has 0 spiro atoms. The lowest BCUT2D eigenvalue weighted by atomic mass is 10.1. The Morgan fingerprint density at radius 3 is 3.00 bits per heavy atom. The number of nitrogens with zero attached hydrogens (tertiary/aromatic N) is 4. The first kappa shape index (κ1) is 18.6. The molecule has 2 unspecified atom stereocenters. The molecule has 2 atom stereocenters. The van der Waals surface area contributed by atoms with E-state index in [-0.39, 0.29) is 0 Å². The minimum absolute atomic E-state index is 0.405. The Balaban J connectivity index is 1.27. The average Bonchev–Trinajstić information content (AvgIpc) is 3.35. The van der Waals surface area contributed by atoms with Gasteiger partial charge in [0.15, 0.2) is 0 Å². The van der Waals surface area contributed by atoms with Crippen LogP contribution in [-0.4, -0.2) is 26.1 Å². The molecule has 1 saturated carbocycles. The molecule has 0 aliphatic heterocycles. The second kappa shape index (κ2) is 7.46. The van der Waals surface area contributed by atoms with Gasteiger partial charge in [0.25, 0.3) is 0 Å². The molecule has 1 aliphatic carbocycles. The largest absolute Gasteiger partial charge is 0.493 e. The molecule has 1 aromatic carbocycles. The van der Waals surface area contributed by atoms with Crippen LogP contribution in [0.3, 0.4) is 0 Å². The number of hydrogen-bond donors (Lipinski definition) is 1. The van der Waals surface area contributed by atoms with E-state index in [4.69, 9.17) is 22.1 Å². The third kappa shape index (κ3) is 3.53. The van der Waals surface area contributed by atoms with Crippen LogP contribution in [-0.2, 0) is 0 Å². The number of halogens is 2. The van der Waals surface area contributed by atoms with E-state index >= 15 is 0 Å². The Morgan fingerprint density at radius 1 is 1.21 bits per heavy atom. The molecule has 5 rings (SSSR count). The van der Waals surface area contributed by atoms with E-state index in [2.05, 4.69) is 41.6 Å². The lowest BCUT2D eigenvalue weighted by Crippen LogP contribution is -2.10. The van der Waals surface area contributed by atoms with E-state index in [1.165, 1.54) is 6.33 Å². The number of nitrogens with two attached hydrogens (primary N) is 1. The quantitative estimate of drug-likeness (QED) is 0.402. The minimum atomic E-state index is 0.405. The Hall–Kier alpha value is -2.38. The van der Waals surface area contributed by atoms with Gasteiger partial charge in [-0.15, -0.1) is 0 Å². The molecular formula is C21H19BrClN5O. The van der Waals surface area contributed by atoms with Crippen LogP contribution in [0.15, 0.2) is 47.3 Å². The number of anilines is 1. The summed E-state index contributed by atoms with van der Waals surface area (Å²) in [6.45, 7) is 0.683. The van der Waals surface area contributed by atoms with Gasteiger partial charge in [-0.2, -0.15) is 0 Å². The summed E-state index contributed by atoms with van der Waals surface area (Å²) >= 11 is 9.60. The van der Waals surface area contributed by atoms with Gasteiger partial charge >= 0.3 is 0 Å². The first-order valence-corrected chi connectivity index (χ1v) is 10.7. The zero-order valence-corrected chi connectivity index (χ0v) is 17.9. The number of aromatic nitrogens is 4. The third-order valence-electron chi connectivity index (χ3n) is 5.62. The molecule has 4 aromatic rings. The number of nitrogen functional groups attached to an aromatic ring is 1. The Kier molecular flexibility index (Phi) is 4.80. The molecule has 3 aromatic heterocycles. The van der Waals surface area contributed by atoms with Crippen molar-refractivity contribution in [3.05, 3.63) is 52.5 Å². The summed E-state index contributed by atoms with van der Waals surface area (Å²) in [5, 5.41) is 2.44. The van der Waals surface area contributed by atoms with E-state index in [1.54, 1.807) is 0 Å². The third-order valence-corrected chi connectivity index (χ3v) is 6.56. The summed E-state index contributed by atoms with van der Waals surface area (Å²) in [7, 11) is 0. The summed E-state index contributed by atoms with van der Waals surface area (Å²) < 4.78 is 9.12. The van der Waals surface area contributed by atoms with Gasteiger partial charge in [0.1, 0.15) is 28.7 Å². The fourth-order valence-electron chi connectivity index (χ4n) is 4.13. The maximum atomic E-state index is 6.18. The van der Waals surface area contributed by atoms with Gasteiger partial charge < -0.3 is 15.0 Å². The molecule has 0 radical (unpaired) electrons. The van der Waals surface area contributed by atoms with Crippen LogP contribution in [0, 0.1) is 5.92 Å². The van der Waals surface area contributed by atoms with E-state index in [0.717, 1.165) is 51.4 Å². The minimum Gasteiger partial charge on any atom is -0.493 e. The number of fused-ring (bicyclic) bond motifs is 2. The topological polar surface area (TPSA) is 78.9 Å². The van der Waals surface area contributed by atoms with Crippen molar-refractivity contribution in [1.82, 2.24) is 19.5 Å². The lowest BCUT2D eigenvalue weighted by molar-refractivity contribution is 0.248. The fourth-order valence-corrected chi connectivity index (χ4v) is 4.65. The molecule has 0 saturated heterocycles. The van der Waals surface area contributed by atoms with Crippen LogP contribution < -0.4 is 10.5 Å². The lowest BCUT2D eigenvalue weighted by Gasteiger charge is -2.15. The molecule has 1 fully saturated rings. The van der Waals surface area contributed by atoms with Crippen LogP contribution in [0.4, 0.5) is 5.82 Å². The fraction of sp³-hybridized carbons (Fsp3) is 0.286. The molecule has 2 N–H and O–H groups in total. The van der Waals surface area contributed by atoms with Crippen molar-refractivity contribution in [1.29, 1.82) is 0 Å². The monoisotopic (exact) mass is 471 g/mol. The first-order chi connectivity index (χ1) is 14.1. The Morgan fingerprint density at radius 2 is 2.10 bits per heavy atom. The molecule has 3 heterocycles. The molecule has 6 nitrogen and oxygen atoms in total. The summed E-state index contributed by atoms with van der Waals surface area (Å²) in [5.41, 5.74) is 7.64. The van der Waals surface area contributed by atoms with Gasteiger partial charge in [0.2, 0.25) is 0 Å². The van der Waals surface area contributed by atoms with Crippen molar-refractivity contribution in [3.63, 3.8) is 0 Å². The van der Waals surface area contributed by atoms with Gasteiger partial charge in [0, 0.05) is 23.7 Å². The molecule has 29 heavy (non-hydrogen) atoms. The smallest absolute Gasteiger partial charge is 0.145 e. The predicted molar refractivity (Wildman–Crippen MR) is 118 cm³/mol.